The first kappa shape index (κ1) is 28.3. The van der Waals surface area contributed by atoms with Crippen molar-refractivity contribution in [1.29, 1.82) is 0 Å². The highest BCUT2D eigenvalue weighted by Gasteiger charge is 2.38. The topological polar surface area (TPSA) is 126 Å². The molecule has 0 unspecified atom stereocenters. The van der Waals surface area contributed by atoms with E-state index in [1.807, 2.05) is 0 Å². The molecule has 1 aromatic carbocycles. The molecule has 0 aliphatic carbocycles. The summed E-state index contributed by atoms with van der Waals surface area (Å²) in [5.41, 5.74) is 0.198. The predicted molar refractivity (Wildman–Crippen MR) is 145 cm³/mol. The minimum atomic E-state index is -4.59. The lowest BCUT2D eigenvalue weighted by molar-refractivity contribution is -0.113. The van der Waals surface area contributed by atoms with E-state index in [0.717, 1.165) is 42.5 Å². The molecule has 0 bridgehead atoms. The summed E-state index contributed by atoms with van der Waals surface area (Å²) in [6.45, 7) is 3.81. The number of likely N-dealkylation sites (tertiary alicyclic amines) is 2. The summed E-state index contributed by atoms with van der Waals surface area (Å²) >= 11 is 0.940. The van der Waals surface area contributed by atoms with Crippen LogP contribution in [0.1, 0.15) is 50.5 Å². The van der Waals surface area contributed by atoms with Crippen molar-refractivity contribution in [2.75, 3.05) is 39.3 Å². The van der Waals surface area contributed by atoms with Crippen LogP contribution in [-0.2, 0) is 9.36 Å². The lowest BCUT2D eigenvalue weighted by Gasteiger charge is -2.39. The van der Waals surface area contributed by atoms with Crippen molar-refractivity contribution in [2.24, 2.45) is 4.99 Å². The third-order valence-electron chi connectivity index (χ3n) is 7.47. The number of piperidine rings is 2. The maximum absolute atomic E-state index is 14.2. The number of nitrogens with zero attached hydrogens (tertiary/aromatic N) is 5. The number of benzene rings is 1. The van der Waals surface area contributed by atoms with Crippen molar-refractivity contribution in [1.82, 2.24) is 19.6 Å². The summed E-state index contributed by atoms with van der Waals surface area (Å²) in [6.07, 6.45) is 7.63. The second kappa shape index (κ2) is 12.1. The number of amidine groups is 1. The molecule has 0 radical (unpaired) electrons. The fourth-order valence-electron chi connectivity index (χ4n) is 5.45. The van der Waals surface area contributed by atoms with Gasteiger partial charge in [0, 0.05) is 37.8 Å². The largest absolute Gasteiger partial charge is 0.420 e. The van der Waals surface area contributed by atoms with Gasteiger partial charge in [-0.15, -0.1) is 4.78 Å². The zero-order valence-corrected chi connectivity index (χ0v) is 23.3. The molecular formula is C25H33FN5O6PS. The third-order valence-corrected chi connectivity index (χ3v) is 9.49. The SMILES string of the molecule is O=C1N=C(N2CCCCN2P(=O)(O)O)S/C1=C\c1cc(F)ccc1OC(=O)N1CCC(N2CCCCC2)CC1. The summed E-state index contributed by atoms with van der Waals surface area (Å²) < 4.78 is 32.7. The van der Waals surface area contributed by atoms with Crippen LogP contribution < -0.4 is 4.74 Å². The lowest BCUT2D eigenvalue weighted by atomic mass is 10.0. The highest BCUT2D eigenvalue weighted by Crippen LogP contribution is 2.45. The minimum Gasteiger partial charge on any atom is -0.410 e. The van der Waals surface area contributed by atoms with Gasteiger partial charge in [0.25, 0.3) is 5.91 Å². The van der Waals surface area contributed by atoms with Crippen molar-refractivity contribution in [3.05, 3.63) is 34.5 Å². The first-order valence-electron chi connectivity index (χ1n) is 13.3. The van der Waals surface area contributed by atoms with E-state index in [2.05, 4.69) is 9.89 Å². The number of aliphatic imine (C=N–C) groups is 1. The molecular weight excluding hydrogens is 548 g/mol. The Morgan fingerprint density at radius 3 is 2.46 bits per heavy atom. The average Bonchev–Trinajstić information content (AvgIpc) is 3.30. The van der Waals surface area contributed by atoms with Crippen LogP contribution >= 0.6 is 19.5 Å². The van der Waals surface area contributed by atoms with E-state index in [0.29, 0.717) is 38.5 Å². The minimum absolute atomic E-state index is 0.115. The molecule has 1 aromatic rings. The van der Waals surface area contributed by atoms with Crippen molar-refractivity contribution in [3.8, 4) is 5.75 Å². The highest BCUT2D eigenvalue weighted by molar-refractivity contribution is 8.18. The van der Waals surface area contributed by atoms with Gasteiger partial charge in [0.15, 0.2) is 5.17 Å². The molecule has 0 spiro atoms. The maximum atomic E-state index is 14.2. The predicted octanol–water partition coefficient (Wildman–Crippen LogP) is 3.65. The number of hydrogen-bond donors (Lipinski definition) is 2. The number of amides is 2. The Morgan fingerprint density at radius 2 is 1.74 bits per heavy atom. The van der Waals surface area contributed by atoms with E-state index in [-0.39, 0.29) is 27.9 Å². The Hall–Kier alpha value is -2.28. The van der Waals surface area contributed by atoms with Crippen LogP contribution in [0.4, 0.5) is 9.18 Å². The van der Waals surface area contributed by atoms with Gasteiger partial charge in [-0.25, -0.2) is 13.8 Å². The number of hydrazine groups is 1. The molecule has 212 valence electrons. The molecule has 0 atom stereocenters. The smallest absolute Gasteiger partial charge is 0.410 e. The van der Waals surface area contributed by atoms with Crippen LogP contribution in [-0.4, -0.2) is 91.9 Å². The van der Waals surface area contributed by atoms with Crippen LogP contribution in [0.3, 0.4) is 0 Å². The summed E-state index contributed by atoms with van der Waals surface area (Å²) in [5.74, 6) is -1.07. The van der Waals surface area contributed by atoms with E-state index >= 15 is 0 Å². The van der Waals surface area contributed by atoms with E-state index in [9.17, 15) is 28.3 Å². The molecule has 4 aliphatic rings. The number of halogens is 1. The van der Waals surface area contributed by atoms with E-state index in [1.54, 1.807) is 4.90 Å². The molecule has 0 saturated carbocycles. The van der Waals surface area contributed by atoms with Gasteiger partial charge in [0.2, 0.25) is 0 Å². The quantitative estimate of drug-likeness (QED) is 0.402. The van der Waals surface area contributed by atoms with Gasteiger partial charge in [-0.2, -0.15) is 4.99 Å². The molecule has 0 aromatic heterocycles. The van der Waals surface area contributed by atoms with E-state index in [4.69, 9.17) is 4.74 Å². The molecule has 4 aliphatic heterocycles. The van der Waals surface area contributed by atoms with E-state index < -0.39 is 25.6 Å². The molecule has 11 nitrogen and oxygen atoms in total. The van der Waals surface area contributed by atoms with Crippen LogP contribution in [0.25, 0.3) is 6.08 Å². The fourth-order valence-corrected chi connectivity index (χ4v) is 7.30. The van der Waals surface area contributed by atoms with Gasteiger partial charge >= 0.3 is 13.8 Å². The number of hydrogen-bond acceptors (Lipinski definition) is 7. The van der Waals surface area contributed by atoms with Gasteiger partial charge in [0.05, 0.1) is 4.91 Å². The number of carbonyl (C=O) groups excluding carboxylic acids is 2. The first-order chi connectivity index (χ1) is 18.7. The van der Waals surface area contributed by atoms with Gasteiger partial charge in [-0.1, -0.05) is 6.42 Å². The molecule has 3 fully saturated rings. The molecule has 3 saturated heterocycles. The van der Waals surface area contributed by atoms with Crippen LogP contribution in [0, 0.1) is 5.82 Å². The van der Waals surface area contributed by atoms with E-state index in [1.165, 1.54) is 48.5 Å². The number of thioether (sulfide) groups is 1. The molecule has 2 N–H and O–H groups in total. The molecule has 4 heterocycles. The molecule has 14 heteroatoms. The standard InChI is InChI=1S/C25H33FN5O6PS/c26-19-6-7-21(37-25(33)29-14-8-20(9-15-29)28-10-2-1-3-11-28)18(16-19)17-22-23(32)27-24(39-22)30-12-4-5-13-31(30)38(34,35)36/h6-7,16-17,20H,1-5,8-15H2,(H2,34,35,36)/b22-17-. The van der Waals surface area contributed by atoms with Crippen molar-refractivity contribution >= 4 is 42.8 Å². The average molecular weight is 582 g/mol. The Kier molecular flexibility index (Phi) is 8.75. The van der Waals surface area contributed by atoms with Gasteiger partial charge < -0.3 is 24.3 Å². The van der Waals surface area contributed by atoms with Crippen LogP contribution in [0.5, 0.6) is 5.75 Å². The molecule has 2 amide bonds. The van der Waals surface area contributed by atoms with Crippen LogP contribution in [0.2, 0.25) is 0 Å². The normalized spacial score (nSPS) is 23.4. The Morgan fingerprint density at radius 1 is 1.05 bits per heavy atom. The van der Waals surface area contributed by atoms with Gasteiger partial charge in [-0.05, 0) is 87.7 Å². The van der Waals surface area contributed by atoms with Crippen molar-refractivity contribution < 1.29 is 33.1 Å². The summed E-state index contributed by atoms with van der Waals surface area (Å²) in [7, 11) is -4.59. The Labute approximate surface area is 230 Å². The maximum Gasteiger partial charge on any atom is 0.420 e. The van der Waals surface area contributed by atoms with Crippen molar-refractivity contribution in [3.63, 3.8) is 0 Å². The highest BCUT2D eigenvalue weighted by atomic mass is 32.2. The molecule has 5 rings (SSSR count). The van der Waals surface area contributed by atoms with Crippen molar-refractivity contribution in [2.45, 2.75) is 51.0 Å². The summed E-state index contributed by atoms with van der Waals surface area (Å²) in [6, 6.07) is 4.19. The fraction of sp³-hybridized carbons (Fsp3) is 0.560. The Bertz CT molecular complexity index is 1210. The second-order valence-electron chi connectivity index (χ2n) is 10.1. The second-order valence-corrected chi connectivity index (χ2v) is 12.6. The number of rotatable bonds is 4. The third kappa shape index (κ3) is 6.72. The monoisotopic (exact) mass is 581 g/mol. The number of carbonyl (C=O) groups is 2. The first-order valence-corrected chi connectivity index (χ1v) is 15.7. The zero-order valence-electron chi connectivity index (χ0n) is 21.6. The van der Waals surface area contributed by atoms with Crippen LogP contribution in [0.15, 0.2) is 28.1 Å². The zero-order chi connectivity index (χ0) is 27.6. The van der Waals surface area contributed by atoms with Gasteiger partial charge in [-0.3, -0.25) is 9.80 Å². The Balaban J connectivity index is 1.26. The summed E-state index contributed by atoms with van der Waals surface area (Å²) in [4.78, 5) is 53.4. The van der Waals surface area contributed by atoms with Gasteiger partial charge in [0.1, 0.15) is 11.6 Å². The molecule has 39 heavy (non-hydrogen) atoms. The number of ether oxygens (including phenoxy) is 1. The lowest BCUT2D eigenvalue weighted by Crippen LogP contribution is -2.48. The summed E-state index contributed by atoms with van der Waals surface area (Å²) in [5, 5.41) is 1.47.